The van der Waals surface area contributed by atoms with Crippen molar-refractivity contribution in [3.8, 4) is 0 Å². The van der Waals surface area contributed by atoms with Gasteiger partial charge in [0.05, 0.1) is 11.4 Å². The predicted octanol–water partition coefficient (Wildman–Crippen LogP) is 1.63. The highest BCUT2D eigenvalue weighted by Gasteiger charge is 2.18. The molecule has 0 saturated carbocycles. The maximum absolute atomic E-state index is 10.5. The van der Waals surface area contributed by atoms with Crippen LogP contribution < -0.4 is 5.32 Å². The Morgan fingerprint density at radius 1 is 1.56 bits per heavy atom. The van der Waals surface area contributed by atoms with Gasteiger partial charge >= 0.3 is 5.97 Å². The number of piperidine rings is 1. The van der Waals surface area contributed by atoms with E-state index in [2.05, 4.69) is 10.3 Å². The topological polar surface area (TPSA) is 62.2 Å². The van der Waals surface area contributed by atoms with Crippen molar-refractivity contribution in [3.05, 3.63) is 16.1 Å². The molecule has 1 fully saturated rings. The first-order valence-electron chi connectivity index (χ1n) is 5.63. The van der Waals surface area contributed by atoms with Crippen LogP contribution in [0.1, 0.15) is 35.1 Å². The van der Waals surface area contributed by atoms with Gasteiger partial charge in [0.2, 0.25) is 0 Å². The number of aromatic nitrogens is 1. The van der Waals surface area contributed by atoms with Crippen molar-refractivity contribution >= 4 is 17.3 Å². The molecule has 0 aromatic carbocycles. The van der Waals surface area contributed by atoms with Gasteiger partial charge in [0.1, 0.15) is 0 Å². The molecule has 1 aromatic rings. The van der Waals surface area contributed by atoms with Crippen LogP contribution in [0.3, 0.4) is 0 Å². The molecule has 4 nitrogen and oxygen atoms in total. The molecule has 1 saturated heterocycles. The fourth-order valence-electron chi connectivity index (χ4n) is 1.93. The Morgan fingerprint density at radius 2 is 2.31 bits per heavy atom. The van der Waals surface area contributed by atoms with E-state index in [0.717, 1.165) is 30.8 Å². The lowest BCUT2D eigenvalue weighted by atomic mass is 9.99. The number of hydrogen-bond acceptors (Lipinski definition) is 4. The monoisotopic (exact) mass is 240 g/mol. The summed E-state index contributed by atoms with van der Waals surface area (Å²) in [5, 5.41) is 13.1. The Bertz CT molecular complexity index is 359. The third-order valence-corrected chi connectivity index (χ3v) is 4.06. The number of carbonyl (C=O) groups is 1. The number of aryl methyl sites for hydroxylation is 1. The van der Waals surface area contributed by atoms with Gasteiger partial charge in [-0.05, 0) is 32.4 Å². The van der Waals surface area contributed by atoms with E-state index in [9.17, 15) is 4.79 Å². The van der Waals surface area contributed by atoms with Gasteiger partial charge in [-0.15, -0.1) is 11.3 Å². The average Bonchev–Trinajstić information content (AvgIpc) is 2.76. The number of aliphatic carboxylic acids is 1. The maximum atomic E-state index is 10.5. The minimum Gasteiger partial charge on any atom is -0.481 e. The average molecular weight is 240 g/mol. The summed E-state index contributed by atoms with van der Waals surface area (Å²) in [5.74, 6) is -0.165. The van der Waals surface area contributed by atoms with E-state index in [0.29, 0.717) is 12.3 Å². The van der Waals surface area contributed by atoms with Crippen molar-refractivity contribution in [2.45, 2.75) is 31.6 Å². The normalized spacial score (nSPS) is 17.5. The van der Waals surface area contributed by atoms with E-state index in [1.807, 2.05) is 6.20 Å². The van der Waals surface area contributed by atoms with Crippen LogP contribution in [0.25, 0.3) is 0 Å². The van der Waals surface area contributed by atoms with Crippen molar-refractivity contribution in [1.82, 2.24) is 10.3 Å². The molecule has 0 atom stereocenters. The second-order valence-corrected chi connectivity index (χ2v) is 5.23. The first kappa shape index (κ1) is 11.5. The number of nitrogens with one attached hydrogen (secondary N) is 1. The lowest BCUT2D eigenvalue weighted by Gasteiger charge is -2.20. The largest absolute Gasteiger partial charge is 0.481 e. The number of carboxylic acid groups (broad SMARTS) is 1. The fourth-order valence-corrected chi connectivity index (χ4v) is 3.01. The van der Waals surface area contributed by atoms with Gasteiger partial charge in [-0.3, -0.25) is 4.79 Å². The number of nitrogens with zero attached hydrogens (tertiary/aromatic N) is 1. The summed E-state index contributed by atoms with van der Waals surface area (Å²) in [4.78, 5) is 16.0. The van der Waals surface area contributed by atoms with Gasteiger partial charge in [-0.2, -0.15) is 0 Å². The molecule has 0 spiro atoms. The zero-order valence-electron chi connectivity index (χ0n) is 9.11. The van der Waals surface area contributed by atoms with Crippen molar-refractivity contribution in [2.75, 3.05) is 13.1 Å². The highest BCUT2D eigenvalue weighted by Crippen LogP contribution is 2.29. The Kier molecular flexibility index (Phi) is 3.90. The van der Waals surface area contributed by atoms with Gasteiger partial charge in [0.25, 0.3) is 0 Å². The van der Waals surface area contributed by atoms with E-state index in [1.165, 1.54) is 5.01 Å². The smallest absolute Gasteiger partial charge is 0.303 e. The summed E-state index contributed by atoms with van der Waals surface area (Å²) in [5.41, 5.74) is 0. The molecular weight excluding hydrogens is 224 g/mol. The van der Waals surface area contributed by atoms with Crippen LogP contribution in [0, 0.1) is 0 Å². The molecule has 1 aromatic heterocycles. The molecule has 0 bridgehead atoms. The Labute approximate surface area is 98.7 Å². The molecule has 5 heteroatoms. The van der Waals surface area contributed by atoms with E-state index in [1.54, 1.807) is 11.3 Å². The lowest BCUT2D eigenvalue weighted by Crippen LogP contribution is -2.26. The van der Waals surface area contributed by atoms with Gasteiger partial charge in [0, 0.05) is 17.0 Å². The molecule has 2 heterocycles. The minimum absolute atomic E-state index is 0.202. The second-order valence-electron chi connectivity index (χ2n) is 4.08. The van der Waals surface area contributed by atoms with Crippen molar-refractivity contribution in [3.63, 3.8) is 0 Å². The summed E-state index contributed by atoms with van der Waals surface area (Å²) >= 11 is 1.68. The molecule has 2 rings (SSSR count). The Hall–Kier alpha value is -0.940. The van der Waals surface area contributed by atoms with Gasteiger partial charge < -0.3 is 10.4 Å². The van der Waals surface area contributed by atoms with Crippen molar-refractivity contribution < 1.29 is 9.90 Å². The zero-order chi connectivity index (χ0) is 11.4. The molecule has 0 radical (unpaired) electrons. The third kappa shape index (κ3) is 3.02. The molecular formula is C11H16N2O2S. The first-order valence-corrected chi connectivity index (χ1v) is 6.44. The standard InChI is InChI=1S/C11H16N2O2S/c14-10(15)2-1-9-7-13-11(16-9)8-3-5-12-6-4-8/h7-8,12H,1-6H2,(H,14,15). The highest BCUT2D eigenvalue weighted by molar-refractivity contribution is 7.11. The third-order valence-electron chi connectivity index (χ3n) is 2.85. The number of carboxylic acids is 1. The van der Waals surface area contributed by atoms with Crippen molar-refractivity contribution in [2.24, 2.45) is 0 Å². The fraction of sp³-hybridized carbons (Fsp3) is 0.636. The maximum Gasteiger partial charge on any atom is 0.303 e. The summed E-state index contributed by atoms with van der Waals surface area (Å²) in [6, 6.07) is 0. The number of thiazole rings is 1. The summed E-state index contributed by atoms with van der Waals surface area (Å²) < 4.78 is 0. The number of hydrogen-bond donors (Lipinski definition) is 2. The number of rotatable bonds is 4. The van der Waals surface area contributed by atoms with Crippen LogP contribution in [-0.4, -0.2) is 29.1 Å². The molecule has 1 aliphatic rings. The molecule has 0 amide bonds. The van der Waals surface area contributed by atoms with E-state index in [-0.39, 0.29) is 6.42 Å². The van der Waals surface area contributed by atoms with Crippen LogP contribution in [0.15, 0.2) is 6.20 Å². The molecule has 16 heavy (non-hydrogen) atoms. The molecule has 0 unspecified atom stereocenters. The van der Waals surface area contributed by atoms with E-state index >= 15 is 0 Å². The predicted molar refractivity (Wildman–Crippen MR) is 62.9 cm³/mol. The summed E-state index contributed by atoms with van der Waals surface area (Å²) in [7, 11) is 0. The summed E-state index contributed by atoms with van der Waals surface area (Å²) in [6.07, 6.45) is 4.94. The van der Waals surface area contributed by atoms with Crippen LogP contribution in [0.5, 0.6) is 0 Å². The Balaban J connectivity index is 1.93. The van der Waals surface area contributed by atoms with Gasteiger partial charge in [-0.1, -0.05) is 0 Å². The molecule has 2 N–H and O–H groups in total. The quantitative estimate of drug-likeness (QED) is 0.839. The lowest BCUT2D eigenvalue weighted by molar-refractivity contribution is -0.136. The first-order chi connectivity index (χ1) is 7.75. The zero-order valence-corrected chi connectivity index (χ0v) is 9.92. The Morgan fingerprint density at radius 3 is 3.00 bits per heavy atom. The van der Waals surface area contributed by atoms with Crippen molar-refractivity contribution in [1.29, 1.82) is 0 Å². The van der Waals surface area contributed by atoms with E-state index < -0.39 is 5.97 Å². The van der Waals surface area contributed by atoms with Gasteiger partial charge in [-0.25, -0.2) is 4.98 Å². The van der Waals surface area contributed by atoms with Crippen LogP contribution in [-0.2, 0) is 11.2 Å². The van der Waals surface area contributed by atoms with Crippen LogP contribution in [0.4, 0.5) is 0 Å². The minimum atomic E-state index is -0.739. The van der Waals surface area contributed by atoms with Crippen LogP contribution in [0.2, 0.25) is 0 Å². The molecule has 88 valence electrons. The summed E-state index contributed by atoms with van der Waals surface area (Å²) in [6.45, 7) is 2.13. The molecule has 1 aliphatic heterocycles. The molecule has 0 aliphatic carbocycles. The van der Waals surface area contributed by atoms with E-state index in [4.69, 9.17) is 5.11 Å². The second kappa shape index (κ2) is 5.41. The highest BCUT2D eigenvalue weighted by atomic mass is 32.1. The van der Waals surface area contributed by atoms with Crippen LogP contribution >= 0.6 is 11.3 Å². The van der Waals surface area contributed by atoms with Gasteiger partial charge in [0.15, 0.2) is 0 Å². The SMILES string of the molecule is O=C(O)CCc1cnc(C2CCNCC2)s1.